The van der Waals surface area contributed by atoms with Gasteiger partial charge < -0.3 is 9.32 Å². The number of benzene rings is 3. The smallest absolute Gasteiger partial charge is 0.344 e. The first-order valence-electron chi connectivity index (χ1n) is 11.1. The van der Waals surface area contributed by atoms with E-state index in [1.54, 1.807) is 0 Å². The first-order chi connectivity index (χ1) is 15.3. The number of hydrogen-bond acceptors (Lipinski definition) is 3. The normalized spacial score (nSPS) is 15.3. The molecule has 0 aliphatic carbocycles. The molecule has 3 nitrogen and oxygen atoms in total. The molecule has 6 rings (SSSR count). The Hall–Kier alpha value is -2.90. The van der Waals surface area contributed by atoms with Crippen LogP contribution in [0.4, 0.5) is 5.69 Å². The van der Waals surface area contributed by atoms with Crippen molar-refractivity contribution < 1.29 is 4.42 Å². The third kappa shape index (κ3) is 3.20. The average Bonchev–Trinajstić information content (AvgIpc) is 2.82. The molecule has 154 valence electrons. The van der Waals surface area contributed by atoms with Gasteiger partial charge in [-0.05, 0) is 61.9 Å². The van der Waals surface area contributed by atoms with Crippen molar-refractivity contribution in [2.45, 2.75) is 25.7 Å². The SMILES string of the molecule is O=c1oc2c3c4c(cc2cc1P(c1ccccc1)c1ccccc1)CCCN4CCC3. The van der Waals surface area contributed by atoms with Gasteiger partial charge in [0.1, 0.15) is 5.58 Å². The van der Waals surface area contributed by atoms with Crippen molar-refractivity contribution in [3.63, 3.8) is 0 Å². The zero-order valence-corrected chi connectivity index (χ0v) is 18.3. The molecular weight excluding hydrogens is 401 g/mol. The monoisotopic (exact) mass is 425 g/mol. The van der Waals surface area contributed by atoms with Crippen molar-refractivity contribution in [3.8, 4) is 0 Å². The highest BCUT2D eigenvalue weighted by atomic mass is 31.1. The summed E-state index contributed by atoms with van der Waals surface area (Å²) in [5.41, 5.74) is 4.60. The highest BCUT2D eigenvalue weighted by molar-refractivity contribution is 7.79. The van der Waals surface area contributed by atoms with Crippen LogP contribution in [0.25, 0.3) is 11.0 Å². The molecule has 0 radical (unpaired) electrons. The fraction of sp³-hybridized carbons (Fsp3) is 0.222. The van der Waals surface area contributed by atoms with Crippen LogP contribution < -0.4 is 26.4 Å². The van der Waals surface area contributed by atoms with Gasteiger partial charge in [-0.25, -0.2) is 4.79 Å². The Morgan fingerprint density at radius 1 is 0.806 bits per heavy atom. The molecule has 0 unspecified atom stereocenters. The Labute approximate surface area is 183 Å². The Kier molecular flexibility index (Phi) is 4.65. The van der Waals surface area contributed by atoms with E-state index in [4.69, 9.17) is 4.42 Å². The second-order valence-electron chi connectivity index (χ2n) is 8.40. The van der Waals surface area contributed by atoms with Crippen molar-refractivity contribution in [3.05, 3.63) is 94.3 Å². The van der Waals surface area contributed by atoms with Gasteiger partial charge in [0.2, 0.25) is 0 Å². The average molecular weight is 425 g/mol. The van der Waals surface area contributed by atoms with Crippen LogP contribution in [0.15, 0.2) is 82.0 Å². The van der Waals surface area contributed by atoms with E-state index in [9.17, 15) is 4.79 Å². The standard InChI is InChI=1S/C27H24NO2P/c29-27-24(31(21-10-3-1-4-11-21)22-12-5-2-6-13-22)18-20-17-19-9-7-15-28-16-8-14-23(25(19)28)26(20)30-27/h1-6,10-13,17-18H,7-9,14-16H2. The molecule has 0 atom stereocenters. The van der Waals surface area contributed by atoms with Crippen LogP contribution >= 0.6 is 7.92 Å². The van der Waals surface area contributed by atoms with Gasteiger partial charge in [-0.2, -0.15) is 0 Å². The molecule has 0 spiro atoms. The maximum atomic E-state index is 13.4. The molecule has 0 saturated carbocycles. The quantitative estimate of drug-likeness (QED) is 0.364. The summed E-state index contributed by atoms with van der Waals surface area (Å²) in [6, 6.07) is 25.1. The zero-order chi connectivity index (χ0) is 20.8. The summed E-state index contributed by atoms with van der Waals surface area (Å²) in [6.07, 6.45) is 4.42. The van der Waals surface area contributed by atoms with Crippen LogP contribution in [-0.4, -0.2) is 13.1 Å². The molecule has 0 amide bonds. The lowest BCUT2D eigenvalue weighted by molar-refractivity contribution is 0.554. The molecule has 2 aliphatic rings. The van der Waals surface area contributed by atoms with Gasteiger partial charge in [-0.1, -0.05) is 60.7 Å². The van der Waals surface area contributed by atoms with E-state index in [1.165, 1.54) is 33.8 Å². The predicted octanol–water partition coefficient (Wildman–Crippen LogP) is 4.25. The first-order valence-corrected chi connectivity index (χ1v) is 12.4. The second-order valence-corrected chi connectivity index (χ2v) is 10.6. The van der Waals surface area contributed by atoms with Gasteiger partial charge in [0.05, 0.1) is 5.30 Å². The third-order valence-corrected chi connectivity index (χ3v) is 8.89. The Balaban J connectivity index is 1.60. The van der Waals surface area contributed by atoms with Gasteiger partial charge in [0, 0.05) is 29.7 Å². The topological polar surface area (TPSA) is 33.5 Å². The largest absolute Gasteiger partial charge is 0.422 e. The zero-order valence-electron chi connectivity index (χ0n) is 17.4. The Bertz CT molecular complexity index is 1270. The van der Waals surface area contributed by atoms with E-state index in [-0.39, 0.29) is 5.63 Å². The highest BCUT2D eigenvalue weighted by Gasteiger charge is 2.28. The van der Waals surface area contributed by atoms with E-state index < -0.39 is 7.92 Å². The molecular formula is C27H24NO2P. The van der Waals surface area contributed by atoms with E-state index in [0.717, 1.165) is 48.6 Å². The Morgan fingerprint density at radius 2 is 1.45 bits per heavy atom. The molecule has 2 aliphatic heterocycles. The third-order valence-electron chi connectivity index (χ3n) is 6.47. The first kappa shape index (κ1) is 18.8. The number of fused-ring (bicyclic) bond motifs is 2. The lowest BCUT2D eigenvalue weighted by atomic mass is 9.90. The van der Waals surface area contributed by atoms with Crippen molar-refractivity contribution in [1.29, 1.82) is 0 Å². The van der Waals surface area contributed by atoms with Gasteiger partial charge >= 0.3 is 5.63 Å². The highest BCUT2D eigenvalue weighted by Crippen LogP contribution is 2.40. The van der Waals surface area contributed by atoms with Crippen molar-refractivity contribution in [2.24, 2.45) is 0 Å². The summed E-state index contributed by atoms with van der Waals surface area (Å²) in [5, 5.41) is 4.18. The molecule has 0 N–H and O–H groups in total. The number of hydrogen-bond donors (Lipinski definition) is 0. The minimum Gasteiger partial charge on any atom is -0.422 e. The van der Waals surface area contributed by atoms with Crippen LogP contribution in [0.1, 0.15) is 24.0 Å². The summed E-state index contributed by atoms with van der Waals surface area (Å²) in [4.78, 5) is 15.9. The van der Waals surface area contributed by atoms with Crippen molar-refractivity contribution >= 4 is 40.5 Å². The molecule has 31 heavy (non-hydrogen) atoms. The molecule has 3 heterocycles. The van der Waals surface area contributed by atoms with Crippen LogP contribution in [0.2, 0.25) is 0 Å². The number of rotatable bonds is 3. The van der Waals surface area contributed by atoms with Crippen LogP contribution in [-0.2, 0) is 12.8 Å². The van der Waals surface area contributed by atoms with Crippen LogP contribution in [0.3, 0.4) is 0 Å². The van der Waals surface area contributed by atoms with Gasteiger partial charge in [-0.15, -0.1) is 0 Å². The van der Waals surface area contributed by atoms with Crippen molar-refractivity contribution in [1.82, 2.24) is 0 Å². The van der Waals surface area contributed by atoms with Gasteiger partial charge in [-0.3, -0.25) is 0 Å². The minimum absolute atomic E-state index is 0.199. The summed E-state index contributed by atoms with van der Waals surface area (Å²) in [5.74, 6) is 0. The van der Waals surface area contributed by atoms with Crippen molar-refractivity contribution in [2.75, 3.05) is 18.0 Å². The fourth-order valence-electron chi connectivity index (χ4n) is 5.17. The molecule has 1 aromatic heterocycles. The summed E-state index contributed by atoms with van der Waals surface area (Å²) in [7, 11) is -0.977. The molecule has 0 fully saturated rings. The molecule has 0 bridgehead atoms. The number of nitrogens with zero attached hydrogens (tertiary/aromatic N) is 1. The van der Waals surface area contributed by atoms with Gasteiger partial charge in [0.15, 0.2) is 0 Å². The van der Waals surface area contributed by atoms with Gasteiger partial charge in [0.25, 0.3) is 0 Å². The summed E-state index contributed by atoms with van der Waals surface area (Å²) < 4.78 is 6.12. The minimum atomic E-state index is -0.977. The number of aryl methyl sites for hydroxylation is 2. The molecule has 4 aromatic rings. The lowest BCUT2D eigenvalue weighted by Gasteiger charge is -2.37. The predicted molar refractivity (Wildman–Crippen MR) is 130 cm³/mol. The maximum absolute atomic E-state index is 13.4. The van der Waals surface area contributed by atoms with E-state index in [0.29, 0.717) is 0 Å². The molecule has 3 aromatic carbocycles. The maximum Gasteiger partial charge on any atom is 0.344 e. The van der Waals surface area contributed by atoms with Crippen LogP contribution in [0.5, 0.6) is 0 Å². The fourth-order valence-corrected chi connectivity index (χ4v) is 7.46. The lowest BCUT2D eigenvalue weighted by Crippen LogP contribution is -2.35. The van der Waals surface area contributed by atoms with E-state index in [1.807, 2.05) is 36.4 Å². The Morgan fingerprint density at radius 3 is 2.13 bits per heavy atom. The molecule has 4 heteroatoms. The number of anilines is 1. The van der Waals surface area contributed by atoms with Crippen LogP contribution in [0, 0.1) is 0 Å². The summed E-state index contributed by atoms with van der Waals surface area (Å²) in [6.45, 7) is 2.22. The second kappa shape index (κ2) is 7.66. The summed E-state index contributed by atoms with van der Waals surface area (Å²) >= 11 is 0. The van der Waals surface area contributed by atoms with E-state index >= 15 is 0 Å². The molecule has 0 saturated heterocycles. The van der Waals surface area contributed by atoms with E-state index in [2.05, 4.69) is 41.3 Å².